The van der Waals surface area contributed by atoms with Gasteiger partial charge < -0.3 is 9.88 Å². The minimum absolute atomic E-state index is 0.0250. The second kappa shape index (κ2) is 7.55. The van der Waals surface area contributed by atoms with Crippen LogP contribution in [0.2, 0.25) is 0 Å². The molecule has 26 heavy (non-hydrogen) atoms. The summed E-state index contributed by atoms with van der Waals surface area (Å²) >= 11 is 0. The lowest BCUT2D eigenvalue weighted by Crippen LogP contribution is -2.43. The van der Waals surface area contributed by atoms with Crippen molar-refractivity contribution in [1.29, 1.82) is 0 Å². The largest absolute Gasteiger partial charge is 0.334 e. The quantitative estimate of drug-likeness (QED) is 0.858. The maximum atomic E-state index is 12.9. The Kier molecular flexibility index (Phi) is 5.38. The molecule has 3 heterocycles. The number of sulfonamides is 1. The van der Waals surface area contributed by atoms with E-state index in [2.05, 4.69) is 15.3 Å². The Morgan fingerprint density at radius 1 is 1.31 bits per heavy atom. The highest BCUT2D eigenvalue weighted by molar-refractivity contribution is 7.89. The summed E-state index contributed by atoms with van der Waals surface area (Å²) in [5.41, 5.74) is 0. The Balaban J connectivity index is 1.71. The summed E-state index contributed by atoms with van der Waals surface area (Å²) in [5.74, 6) is -0.155. The van der Waals surface area contributed by atoms with Crippen LogP contribution in [0.25, 0.3) is 0 Å². The zero-order valence-electron chi connectivity index (χ0n) is 14.9. The number of carbonyl (C=O) groups excluding carboxylic acids is 1. The van der Waals surface area contributed by atoms with Gasteiger partial charge in [-0.1, -0.05) is 6.07 Å². The molecule has 1 aliphatic heterocycles. The normalized spacial score (nSPS) is 18.8. The first-order valence-corrected chi connectivity index (χ1v) is 10.1. The van der Waals surface area contributed by atoms with E-state index in [9.17, 15) is 13.2 Å². The summed E-state index contributed by atoms with van der Waals surface area (Å²) in [6.45, 7) is 4.45. The molecule has 1 N–H and O–H groups in total. The Bertz CT molecular complexity index is 864. The van der Waals surface area contributed by atoms with Gasteiger partial charge in [-0.15, -0.1) is 0 Å². The van der Waals surface area contributed by atoms with Crippen molar-refractivity contribution in [2.45, 2.75) is 37.8 Å². The number of nitrogens with zero attached hydrogens (tertiary/aromatic N) is 4. The van der Waals surface area contributed by atoms with Crippen molar-refractivity contribution < 1.29 is 13.2 Å². The maximum Gasteiger partial charge on any atom is 0.262 e. The van der Waals surface area contributed by atoms with E-state index in [4.69, 9.17) is 0 Å². The van der Waals surface area contributed by atoms with Crippen LogP contribution in [0.4, 0.5) is 5.82 Å². The Morgan fingerprint density at radius 3 is 2.77 bits per heavy atom. The van der Waals surface area contributed by atoms with E-state index in [1.807, 2.05) is 13.8 Å². The first-order chi connectivity index (χ1) is 12.4. The van der Waals surface area contributed by atoms with E-state index in [-0.39, 0.29) is 23.5 Å². The molecule has 140 valence electrons. The third-order valence-corrected chi connectivity index (χ3v) is 6.20. The van der Waals surface area contributed by atoms with Crippen LogP contribution in [-0.2, 0) is 14.8 Å². The number of aromatic nitrogens is 3. The Morgan fingerprint density at radius 2 is 2.12 bits per heavy atom. The van der Waals surface area contributed by atoms with Crippen molar-refractivity contribution in [2.24, 2.45) is 5.92 Å². The van der Waals surface area contributed by atoms with Gasteiger partial charge in [0.2, 0.25) is 5.91 Å². The molecule has 0 aliphatic carbocycles. The number of anilines is 1. The van der Waals surface area contributed by atoms with E-state index in [0.717, 1.165) is 0 Å². The van der Waals surface area contributed by atoms with Crippen molar-refractivity contribution in [3.8, 4) is 0 Å². The van der Waals surface area contributed by atoms with E-state index >= 15 is 0 Å². The number of pyridine rings is 1. The summed E-state index contributed by atoms with van der Waals surface area (Å²) in [5, 5.41) is 2.78. The summed E-state index contributed by atoms with van der Waals surface area (Å²) in [6.07, 6.45) is 5.93. The van der Waals surface area contributed by atoms with Gasteiger partial charge in [-0.3, -0.25) is 4.79 Å². The van der Waals surface area contributed by atoms with Crippen LogP contribution >= 0.6 is 0 Å². The lowest BCUT2D eigenvalue weighted by atomic mass is 9.99. The van der Waals surface area contributed by atoms with Crippen molar-refractivity contribution in [2.75, 3.05) is 18.4 Å². The summed E-state index contributed by atoms with van der Waals surface area (Å²) in [4.78, 5) is 20.6. The molecule has 2 aromatic heterocycles. The fourth-order valence-corrected chi connectivity index (χ4v) is 4.35. The molecule has 1 atom stereocenters. The second-order valence-electron chi connectivity index (χ2n) is 6.66. The molecule has 3 rings (SSSR count). The van der Waals surface area contributed by atoms with Crippen LogP contribution in [0.1, 0.15) is 32.7 Å². The van der Waals surface area contributed by atoms with Gasteiger partial charge in [0.1, 0.15) is 5.82 Å². The van der Waals surface area contributed by atoms with E-state index < -0.39 is 15.9 Å². The predicted molar refractivity (Wildman–Crippen MR) is 97.0 cm³/mol. The second-order valence-corrected chi connectivity index (χ2v) is 8.54. The summed E-state index contributed by atoms with van der Waals surface area (Å²) in [7, 11) is -3.71. The lowest BCUT2D eigenvalue weighted by Gasteiger charge is -2.30. The molecule has 8 nitrogen and oxygen atoms in total. The van der Waals surface area contributed by atoms with Gasteiger partial charge in [0.15, 0.2) is 5.03 Å². The SMILES string of the molecule is CC(C)n1cnc(S(=O)(=O)N2CCC[C@H](C(=O)Nc3ccccn3)C2)c1. The van der Waals surface area contributed by atoms with Gasteiger partial charge in [0.25, 0.3) is 10.0 Å². The molecule has 0 radical (unpaired) electrons. The average Bonchev–Trinajstić information content (AvgIpc) is 3.14. The lowest BCUT2D eigenvalue weighted by molar-refractivity contribution is -0.120. The smallest absolute Gasteiger partial charge is 0.262 e. The minimum Gasteiger partial charge on any atom is -0.334 e. The van der Waals surface area contributed by atoms with E-state index in [1.165, 1.54) is 16.8 Å². The van der Waals surface area contributed by atoms with Crippen LogP contribution in [0.3, 0.4) is 0 Å². The molecule has 2 aromatic rings. The first-order valence-electron chi connectivity index (χ1n) is 8.63. The van der Waals surface area contributed by atoms with Gasteiger partial charge in [0.05, 0.1) is 12.2 Å². The van der Waals surface area contributed by atoms with Gasteiger partial charge in [-0.05, 0) is 38.8 Å². The summed E-state index contributed by atoms with van der Waals surface area (Å²) < 4.78 is 28.8. The topological polar surface area (TPSA) is 97.2 Å². The highest BCUT2D eigenvalue weighted by Gasteiger charge is 2.34. The molecular formula is C17H23N5O3S. The zero-order chi connectivity index (χ0) is 18.7. The number of nitrogens with one attached hydrogen (secondary N) is 1. The predicted octanol–water partition coefficient (Wildman–Crippen LogP) is 1.90. The molecular weight excluding hydrogens is 354 g/mol. The van der Waals surface area contributed by atoms with Gasteiger partial charge in [-0.25, -0.2) is 18.4 Å². The molecule has 0 saturated carbocycles. The van der Waals surface area contributed by atoms with Gasteiger partial charge in [-0.2, -0.15) is 4.31 Å². The van der Waals surface area contributed by atoms with Crippen LogP contribution < -0.4 is 5.32 Å². The number of imidazole rings is 1. The van der Waals surface area contributed by atoms with Crippen molar-refractivity contribution in [3.05, 3.63) is 36.9 Å². The Hall–Kier alpha value is -2.26. The molecule has 1 amide bonds. The number of carbonyl (C=O) groups is 1. The third-order valence-electron chi connectivity index (χ3n) is 4.45. The standard InChI is InChI=1S/C17H23N5O3S/c1-13(2)21-11-16(19-12-21)26(24,25)22-9-5-6-14(10-22)17(23)20-15-7-3-4-8-18-15/h3-4,7-8,11-14H,5-6,9-10H2,1-2H3,(H,18,20,23)/t14-/m0/s1. The molecule has 1 fully saturated rings. The number of piperidine rings is 1. The zero-order valence-corrected chi connectivity index (χ0v) is 15.7. The molecule has 1 saturated heterocycles. The monoisotopic (exact) mass is 377 g/mol. The summed E-state index contributed by atoms with van der Waals surface area (Å²) in [6, 6.07) is 5.38. The van der Waals surface area contributed by atoms with Crippen molar-refractivity contribution >= 4 is 21.7 Å². The van der Waals surface area contributed by atoms with Gasteiger partial charge >= 0.3 is 0 Å². The van der Waals surface area contributed by atoms with Crippen LogP contribution in [0.5, 0.6) is 0 Å². The highest BCUT2D eigenvalue weighted by atomic mass is 32.2. The molecule has 0 unspecified atom stereocenters. The van der Waals surface area contributed by atoms with E-state index in [1.54, 1.807) is 29.0 Å². The molecule has 0 spiro atoms. The molecule has 1 aliphatic rings. The van der Waals surface area contributed by atoms with Crippen LogP contribution in [-0.4, -0.2) is 46.3 Å². The number of rotatable bonds is 5. The maximum absolute atomic E-state index is 12.9. The number of hydrogen-bond donors (Lipinski definition) is 1. The van der Waals surface area contributed by atoms with Crippen molar-refractivity contribution in [1.82, 2.24) is 18.8 Å². The third kappa shape index (κ3) is 3.94. The van der Waals surface area contributed by atoms with Gasteiger partial charge in [0, 0.05) is 31.5 Å². The molecule has 0 aromatic carbocycles. The van der Waals surface area contributed by atoms with Crippen LogP contribution in [0, 0.1) is 5.92 Å². The first kappa shape index (κ1) is 18.5. The number of amides is 1. The van der Waals surface area contributed by atoms with Crippen LogP contribution in [0.15, 0.2) is 41.9 Å². The number of hydrogen-bond acceptors (Lipinski definition) is 5. The fraction of sp³-hybridized carbons (Fsp3) is 0.471. The van der Waals surface area contributed by atoms with Crippen molar-refractivity contribution in [3.63, 3.8) is 0 Å². The fourth-order valence-electron chi connectivity index (χ4n) is 2.91. The molecule has 0 bridgehead atoms. The minimum atomic E-state index is -3.71. The molecule has 9 heteroatoms. The Labute approximate surface area is 153 Å². The average molecular weight is 377 g/mol. The van der Waals surface area contributed by atoms with E-state index in [0.29, 0.717) is 25.2 Å². The highest BCUT2D eigenvalue weighted by Crippen LogP contribution is 2.24.